The lowest BCUT2D eigenvalue weighted by atomic mass is 9.69. The third kappa shape index (κ3) is 1.75. The first-order chi connectivity index (χ1) is 6.37. The Morgan fingerprint density at radius 2 is 2.00 bits per heavy atom. The van der Waals surface area contributed by atoms with Crippen molar-refractivity contribution in [2.45, 2.75) is 38.5 Å². The van der Waals surface area contributed by atoms with Gasteiger partial charge in [0.25, 0.3) is 0 Å². The minimum atomic E-state index is 0.139. The molecule has 2 nitrogen and oxygen atoms in total. The van der Waals surface area contributed by atoms with E-state index in [0.717, 1.165) is 25.6 Å². The highest BCUT2D eigenvalue weighted by Gasteiger charge is 2.41. The first kappa shape index (κ1) is 9.47. The van der Waals surface area contributed by atoms with Gasteiger partial charge in [0.1, 0.15) is 0 Å². The van der Waals surface area contributed by atoms with Gasteiger partial charge in [0.2, 0.25) is 0 Å². The van der Waals surface area contributed by atoms with Crippen LogP contribution in [0.4, 0.5) is 0 Å². The average molecular weight is 184 g/mol. The lowest BCUT2D eigenvalue weighted by molar-refractivity contribution is 0.0272. The summed E-state index contributed by atoms with van der Waals surface area (Å²) in [6, 6.07) is 0. The van der Waals surface area contributed by atoms with Gasteiger partial charge in [0.15, 0.2) is 0 Å². The van der Waals surface area contributed by atoms with E-state index in [9.17, 15) is 5.11 Å². The molecule has 1 atom stereocenters. The van der Waals surface area contributed by atoms with Crippen LogP contribution >= 0.6 is 0 Å². The van der Waals surface area contributed by atoms with Crippen molar-refractivity contribution in [3.8, 4) is 0 Å². The Balaban J connectivity index is 2.01. The number of hydrogen-bond acceptors (Lipinski definition) is 2. The van der Waals surface area contributed by atoms with Crippen LogP contribution in [0, 0.1) is 11.3 Å². The zero-order valence-corrected chi connectivity index (χ0v) is 8.30. The maximum atomic E-state index is 9.49. The lowest BCUT2D eigenvalue weighted by Crippen LogP contribution is -2.36. The Morgan fingerprint density at radius 1 is 1.23 bits per heavy atom. The quantitative estimate of drug-likeness (QED) is 0.711. The molecule has 0 radical (unpaired) electrons. The number of aliphatic hydroxyl groups excluding tert-OH is 1. The maximum absolute atomic E-state index is 9.49. The molecule has 0 aromatic rings. The molecule has 0 aromatic heterocycles. The normalized spacial score (nSPS) is 36.7. The molecule has 0 amide bonds. The fourth-order valence-corrected chi connectivity index (χ4v) is 2.91. The van der Waals surface area contributed by atoms with Crippen LogP contribution in [0.25, 0.3) is 0 Å². The summed E-state index contributed by atoms with van der Waals surface area (Å²) in [5.41, 5.74) is 0.139. The molecule has 1 aliphatic heterocycles. The van der Waals surface area contributed by atoms with Gasteiger partial charge in [-0.1, -0.05) is 19.3 Å². The topological polar surface area (TPSA) is 29.5 Å². The maximum Gasteiger partial charge on any atom is 0.0547 e. The van der Waals surface area contributed by atoms with Gasteiger partial charge in [-0.05, 0) is 25.2 Å². The summed E-state index contributed by atoms with van der Waals surface area (Å²) in [6.07, 6.45) is 7.79. The van der Waals surface area contributed by atoms with Gasteiger partial charge in [0.05, 0.1) is 13.2 Å². The molecule has 2 fully saturated rings. The van der Waals surface area contributed by atoms with Crippen LogP contribution in [0.3, 0.4) is 0 Å². The number of ether oxygens (including phenoxy) is 1. The van der Waals surface area contributed by atoms with Crippen LogP contribution < -0.4 is 0 Å². The molecule has 1 saturated heterocycles. The second kappa shape index (κ2) is 3.97. The largest absolute Gasteiger partial charge is 0.396 e. The molecular formula is C11H20O2. The Bertz CT molecular complexity index is 155. The summed E-state index contributed by atoms with van der Waals surface area (Å²) in [4.78, 5) is 0. The standard InChI is InChI=1S/C11H20O2/c12-8-11(6-7-13-9-11)10-4-2-1-3-5-10/h10,12H,1-9H2. The number of hydrogen-bond donors (Lipinski definition) is 1. The molecule has 1 saturated carbocycles. The van der Waals surface area contributed by atoms with Crippen molar-refractivity contribution in [2.75, 3.05) is 19.8 Å². The van der Waals surface area contributed by atoms with Crippen LogP contribution in [0.5, 0.6) is 0 Å². The van der Waals surface area contributed by atoms with E-state index in [1.165, 1.54) is 32.1 Å². The van der Waals surface area contributed by atoms with Gasteiger partial charge in [-0.25, -0.2) is 0 Å². The van der Waals surface area contributed by atoms with Crippen LogP contribution in [-0.2, 0) is 4.74 Å². The highest BCUT2D eigenvalue weighted by molar-refractivity contribution is 4.90. The molecule has 1 N–H and O–H groups in total. The van der Waals surface area contributed by atoms with Gasteiger partial charge in [-0.2, -0.15) is 0 Å². The van der Waals surface area contributed by atoms with E-state index in [1.54, 1.807) is 0 Å². The van der Waals surface area contributed by atoms with Gasteiger partial charge in [-0.3, -0.25) is 0 Å². The summed E-state index contributed by atoms with van der Waals surface area (Å²) in [5, 5.41) is 9.49. The molecule has 76 valence electrons. The Morgan fingerprint density at radius 3 is 2.54 bits per heavy atom. The second-order valence-corrected chi connectivity index (χ2v) is 4.66. The predicted octanol–water partition coefficient (Wildman–Crippen LogP) is 1.97. The van der Waals surface area contributed by atoms with E-state index < -0.39 is 0 Å². The molecule has 0 bridgehead atoms. The van der Waals surface area contributed by atoms with Crippen LogP contribution in [-0.4, -0.2) is 24.9 Å². The van der Waals surface area contributed by atoms with Gasteiger partial charge in [-0.15, -0.1) is 0 Å². The highest BCUT2D eigenvalue weighted by Crippen LogP contribution is 2.43. The monoisotopic (exact) mass is 184 g/mol. The van der Waals surface area contributed by atoms with Crippen LogP contribution in [0.1, 0.15) is 38.5 Å². The molecule has 1 heterocycles. The average Bonchev–Trinajstić information content (AvgIpc) is 2.69. The first-order valence-electron chi connectivity index (χ1n) is 5.56. The smallest absolute Gasteiger partial charge is 0.0547 e. The predicted molar refractivity (Wildman–Crippen MR) is 51.5 cm³/mol. The molecule has 1 unspecified atom stereocenters. The van der Waals surface area contributed by atoms with Crippen molar-refractivity contribution in [2.24, 2.45) is 11.3 Å². The molecule has 2 rings (SSSR count). The second-order valence-electron chi connectivity index (χ2n) is 4.66. The number of rotatable bonds is 2. The van der Waals surface area contributed by atoms with E-state index in [2.05, 4.69) is 0 Å². The fourth-order valence-electron chi connectivity index (χ4n) is 2.91. The molecule has 2 heteroatoms. The Kier molecular flexibility index (Phi) is 2.89. The number of aliphatic hydroxyl groups is 1. The zero-order valence-electron chi connectivity index (χ0n) is 8.30. The molecule has 13 heavy (non-hydrogen) atoms. The van der Waals surface area contributed by atoms with Crippen LogP contribution in [0.2, 0.25) is 0 Å². The summed E-state index contributed by atoms with van der Waals surface area (Å²) in [7, 11) is 0. The third-order valence-electron chi connectivity index (χ3n) is 3.92. The van der Waals surface area contributed by atoms with Gasteiger partial charge < -0.3 is 9.84 Å². The summed E-state index contributed by atoms with van der Waals surface area (Å²) >= 11 is 0. The van der Waals surface area contributed by atoms with E-state index in [1.807, 2.05) is 0 Å². The van der Waals surface area contributed by atoms with E-state index in [-0.39, 0.29) is 5.41 Å². The molecule has 1 aliphatic carbocycles. The Labute approximate surface area is 80.3 Å². The highest BCUT2D eigenvalue weighted by atomic mass is 16.5. The van der Waals surface area contributed by atoms with Crippen molar-refractivity contribution in [3.63, 3.8) is 0 Å². The van der Waals surface area contributed by atoms with Crippen molar-refractivity contribution >= 4 is 0 Å². The minimum Gasteiger partial charge on any atom is -0.396 e. The van der Waals surface area contributed by atoms with Gasteiger partial charge >= 0.3 is 0 Å². The van der Waals surface area contributed by atoms with E-state index >= 15 is 0 Å². The van der Waals surface area contributed by atoms with Crippen molar-refractivity contribution in [1.82, 2.24) is 0 Å². The van der Waals surface area contributed by atoms with Gasteiger partial charge in [0, 0.05) is 12.0 Å². The van der Waals surface area contributed by atoms with Crippen LogP contribution in [0.15, 0.2) is 0 Å². The minimum absolute atomic E-state index is 0.139. The lowest BCUT2D eigenvalue weighted by Gasteiger charge is -2.37. The third-order valence-corrected chi connectivity index (χ3v) is 3.92. The summed E-state index contributed by atoms with van der Waals surface area (Å²) in [6.45, 7) is 1.99. The van der Waals surface area contributed by atoms with Crippen molar-refractivity contribution in [1.29, 1.82) is 0 Å². The first-order valence-corrected chi connectivity index (χ1v) is 5.56. The Hall–Kier alpha value is -0.0800. The zero-order chi connectivity index (χ0) is 9.15. The van der Waals surface area contributed by atoms with Crippen molar-refractivity contribution in [3.05, 3.63) is 0 Å². The summed E-state index contributed by atoms with van der Waals surface area (Å²) in [5.74, 6) is 0.730. The SMILES string of the molecule is OCC1(C2CCCCC2)CCOC1. The summed E-state index contributed by atoms with van der Waals surface area (Å²) < 4.78 is 5.44. The molecular weight excluding hydrogens is 164 g/mol. The fraction of sp³-hybridized carbons (Fsp3) is 1.00. The molecule has 0 aromatic carbocycles. The molecule has 2 aliphatic rings. The molecule has 0 spiro atoms. The van der Waals surface area contributed by atoms with E-state index in [4.69, 9.17) is 4.74 Å². The van der Waals surface area contributed by atoms with Crippen molar-refractivity contribution < 1.29 is 9.84 Å². The van der Waals surface area contributed by atoms with E-state index in [0.29, 0.717) is 6.61 Å².